The van der Waals surface area contributed by atoms with Gasteiger partial charge in [-0.3, -0.25) is 10.1 Å². The molecule has 0 aliphatic carbocycles. The second-order valence-electron chi connectivity index (χ2n) is 7.07. The van der Waals surface area contributed by atoms with Crippen LogP contribution in [0.2, 0.25) is 0 Å². The SMILES string of the molecule is C\C=C/C(=C\C=C\CCOc1ncnc2ccc([N+](=O)[O-])cc12)C(C)(C)C. The van der Waals surface area contributed by atoms with E-state index >= 15 is 0 Å². The smallest absolute Gasteiger partial charge is 0.270 e. The van der Waals surface area contributed by atoms with Crippen molar-refractivity contribution in [3.8, 4) is 5.88 Å². The Bertz CT molecular complexity index is 893. The summed E-state index contributed by atoms with van der Waals surface area (Å²) in [6.45, 7) is 8.96. The van der Waals surface area contributed by atoms with Crippen LogP contribution < -0.4 is 4.74 Å². The van der Waals surface area contributed by atoms with Crippen LogP contribution in [0.1, 0.15) is 34.1 Å². The number of ether oxygens (including phenoxy) is 1. The molecular weight excluding hydrogens is 342 g/mol. The third-order valence-electron chi connectivity index (χ3n) is 3.94. The van der Waals surface area contributed by atoms with Crippen LogP contribution in [0.5, 0.6) is 5.88 Å². The Kier molecular flexibility index (Phi) is 6.82. The highest BCUT2D eigenvalue weighted by Crippen LogP contribution is 2.27. The van der Waals surface area contributed by atoms with Crippen molar-refractivity contribution in [2.75, 3.05) is 6.61 Å². The van der Waals surface area contributed by atoms with Crippen LogP contribution in [-0.4, -0.2) is 21.5 Å². The fourth-order valence-electron chi connectivity index (χ4n) is 2.48. The van der Waals surface area contributed by atoms with Gasteiger partial charge in [0.1, 0.15) is 6.33 Å². The van der Waals surface area contributed by atoms with Gasteiger partial charge in [0.05, 0.1) is 22.4 Å². The van der Waals surface area contributed by atoms with E-state index in [0.29, 0.717) is 29.8 Å². The van der Waals surface area contributed by atoms with Crippen LogP contribution in [0.4, 0.5) is 5.69 Å². The highest BCUT2D eigenvalue weighted by Gasteiger charge is 2.13. The lowest BCUT2D eigenvalue weighted by Gasteiger charge is -2.19. The number of nitro groups is 1. The average molecular weight is 367 g/mol. The van der Waals surface area contributed by atoms with Gasteiger partial charge in [0, 0.05) is 12.1 Å². The maximum Gasteiger partial charge on any atom is 0.270 e. The van der Waals surface area contributed by atoms with Gasteiger partial charge < -0.3 is 4.74 Å². The molecule has 0 unspecified atom stereocenters. The molecule has 0 amide bonds. The van der Waals surface area contributed by atoms with Gasteiger partial charge in [0.2, 0.25) is 5.88 Å². The zero-order valence-corrected chi connectivity index (χ0v) is 16.2. The molecule has 0 fully saturated rings. The molecule has 0 saturated heterocycles. The van der Waals surface area contributed by atoms with Crippen LogP contribution in [0.25, 0.3) is 10.9 Å². The molecular formula is C21H25N3O3. The molecule has 142 valence electrons. The van der Waals surface area contributed by atoms with Crippen LogP contribution in [0.15, 0.2) is 60.5 Å². The number of fused-ring (bicyclic) bond motifs is 1. The quantitative estimate of drug-likeness (QED) is 0.283. The van der Waals surface area contributed by atoms with Gasteiger partial charge in [-0.05, 0) is 30.4 Å². The minimum absolute atomic E-state index is 0.00845. The van der Waals surface area contributed by atoms with Gasteiger partial charge in [0.25, 0.3) is 5.69 Å². The van der Waals surface area contributed by atoms with Gasteiger partial charge >= 0.3 is 0 Å². The molecule has 1 heterocycles. The van der Waals surface area contributed by atoms with Gasteiger partial charge in [-0.25, -0.2) is 9.97 Å². The standard InChI is InChI=1S/C21H25N3O3/c1-5-9-16(21(2,3)4)10-7-6-8-13-27-20-18-14-17(24(25)26)11-12-19(18)22-15-23-20/h5-7,9-12,14-15H,8,13H2,1-4H3/b7-6+,9-5-,16-10+. The van der Waals surface area contributed by atoms with E-state index in [9.17, 15) is 10.1 Å². The first-order valence-corrected chi connectivity index (χ1v) is 8.85. The first-order valence-electron chi connectivity index (χ1n) is 8.85. The summed E-state index contributed by atoms with van der Waals surface area (Å²) in [4.78, 5) is 18.7. The number of hydrogen-bond donors (Lipinski definition) is 0. The van der Waals surface area contributed by atoms with E-state index in [0.717, 1.165) is 0 Å². The minimum atomic E-state index is -0.442. The molecule has 27 heavy (non-hydrogen) atoms. The lowest BCUT2D eigenvalue weighted by atomic mass is 9.86. The summed E-state index contributed by atoms with van der Waals surface area (Å²) in [6, 6.07) is 4.46. The van der Waals surface area contributed by atoms with E-state index < -0.39 is 4.92 Å². The molecule has 1 aromatic carbocycles. The highest BCUT2D eigenvalue weighted by molar-refractivity contribution is 5.85. The highest BCUT2D eigenvalue weighted by atomic mass is 16.6. The number of hydrogen-bond acceptors (Lipinski definition) is 5. The largest absolute Gasteiger partial charge is 0.477 e. The van der Waals surface area contributed by atoms with Crippen LogP contribution >= 0.6 is 0 Å². The monoisotopic (exact) mass is 367 g/mol. The second-order valence-corrected chi connectivity index (χ2v) is 7.07. The molecule has 6 nitrogen and oxygen atoms in total. The van der Waals surface area contributed by atoms with Crippen LogP contribution in [0, 0.1) is 15.5 Å². The van der Waals surface area contributed by atoms with E-state index in [2.05, 4.69) is 42.9 Å². The van der Waals surface area contributed by atoms with Crippen molar-refractivity contribution >= 4 is 16.6 Å². The summed E-state index contributed by atoms with van der Waals surface area (Å²) in [7, 11) is 0. The molecule has 0 saturated carbocycles. The fraction of sp³-hybridized carbons (Fsp3) is 0.333. The Labute approximate surface area is 159 Å². The summed E-state index contributed by atoms with van der Waals surface area (Å²) in [5, 5.41) is 11.5. The number of nitro benzene ring substituents is 1. The Balaban J connectivity index is 2.03. The normalized spacial score (nSPS) is 13.0. The molecule has 0 aliphatic rings. The van der Waals surface area contributed by atoms with Crippen LogP contribution in [0.3, 0.4) is 0 Å². The van der Waals surface area contributed by atoms with E-state index in [4.69, 9.17) is 4.74 Å². The zero-order chi connectivity index (χ0) is 19.9. The van der Waals surface area contributed by atoms with Crippen molar-refractivity contribution in [3.05, 3.63) is 70.6 Å². The fourth-order valence-corrected chi connectivity index (χ4v) is 2.48. The Morgan fingerprint density at radius 2 is 2.07 bits per heavy atom. The maximum atomic E-state index is 11.0. The first-order chi connectivity index (χ1) is 12.8. The first kappa shape index (κ1) is 20.3. The van der Waals surface area contributed by atoms with Crippen molar-refractivity contribution in [2.24, 2.45) is 5.41 Å². The van der Waals surface area contributed by atoms with Gasteiger partial charge in [0.15, 0.2) is 0 Å². The van der Waals surface area contributed by atoms with E-state index in [-0.39, 0.29) is 11.1 Å². The number of allylic oxidation sites excluding steroid dienone is 5. The summed E-state index contributed by atoms with van der Waals surface area (Å²) < 4.78 is 5.72. The van der Waals surface area contributed by atoms with Gasteiger partial charge in [-0.1, -0.05) is 51.2 Å². The average Bonchev–Trinajstić information content (AvgIpc) is 2.62. The van der Waals surface area contributed by atoms with Crippen molar-refractivity contribution in [1.82, 2.24) is 9.97 Å². The Morgan fingerprint density at radius 3 is 2.74 bits per heavy atom. The number of non-ortho nitro benzene ring substituents is 1. The lowest BCUT2D eigenvalue weighted by Crippen LogP contribution is -2.07. The van der Waals surface area contributed by atoms with E-state index in [1.165, 1.54) is 24.0 Å². The molecule has 2 aromatic rings. The van der Waals surface area contributed by atoms with Crippen molar-refractivity contribution in [2.45, 2.75) is 34.1 Å². The molecule has 0 atom stereocenters. The maximum absolute atomic E-state index is 11.0. The number of aromatic nitrogens is 2. The molecule has 0 spiro atoms. The molecule has 1 aromatic heterocycles. The van der Waals surface area contributed by atoms with Crippen molar-refractivity contribution in [3.63, 3.8) is 0 Å². The predicted octanol–water partition coefficient (Wildman–Crippen LogP) is 5.41. The van der Waals surface area contributed by atoms with Crippen LogP contribution in [-0.2, 0) is 0 Å². The molecule has 0 radical (unpaired) electrons. The van der Waals surface area contributed by atoms with E-state index in [1.54, 1.807) is 6.07 Å². The Morgan fingerprint density at radius 1 is 1.30 bits per heavy atom. The molecule has 6 heteroatoms. The van der Waals surface area contributed by atoms with Gasteiger partial charge in [-0.15, -0.1) is 0 Å². The topological polar surface area (TPSA) is 78.2 Å². The summed E-state index contributed by atoms with van der Waals surface area (Å²) in [6.07, 6.45) is 12.4. The third kappa shape index (κ3) is 5.74. The van der Waals surface area contributed by atoms with Crippen molar-refractivity contribution in [1.29, 1.82) is 0 Å². The summed E-state index contributed by atoms with van der Waals surface area (Å²) >= 11 is 0. The molecule has 0 N–H and O–H groups in total. The minimum Gasteiger partial charge on any atom is -0.477 e. The van der Waals surface area contributed by atoms with E-state index in [1.807, 2.05) is 25.2 Å². The number of rotatable bonds is 7. The predicted molar refractivity (Wildman–Crippen MR) is 108 cm³/mol. The van der Waals surface area contributed by atoms with Crippen molar-refractivity contribution < 1.29 is 9.66 Å². The second kappa shape index (κ2) is 9.07. The Hall–Kier alpha value is -3.02. The molecule has 0 bridgehead atoms. The summed E-state index contributed by atoms with van der Waals surface area (Å²) in [5.74, 6) is 0.358. The lowest BCUT2D eigenvalue weighted by molar-refractivity contribution is -0.384. The molecule has 0 aliphatic heterocycles. The van der Waals surface area contributed by atoms with Gasteiger partial charge in [-0.2, -0.15) is 0 Å². The summed E-state index contributed by atoms with van der Waals surface area (Å²) in [5.41, 5.74) is 1.94. The number of nitrogens with zero attached hydrogens (tertiary/aromatic N) is 3. The number of benzene rings is 1. The molecule has 2 rings (SSSR count). The third-order valence-corrected chi connectivity index (χ3v) is 3.94. The zero-order valence-electron chi connectivity index (χ0n) is 16.2.